The Kier molecular flexibility index (Phi) is 4.17. The molecule has 0 radical (unpaired) electrons. The zero-order valence-electron chi connectivity index (χ0n) is 9.53. The Morgan fingerprint density at radius 2 is 2.11 bits per heavy atom. The maximum absolute atomic E-state index is 13.9. The molecule has 6 heteroatoms. The molecule has 0 spiro atoms. The number of hydrogen-bond acceptors (Lipinski definition) is 2. The molecule has 3 nitrogen and oxygen atoms in total. The molecule has 0 aliphatic rings. The van der Waals surface area contributed by atoms with E-state index >= 15 is 0 Å². The van der Waals surface area contributed by atoms with Crippen molar-refractivity contribution in [2.24, 2.45) is 0 Å². The lowest BCUT2D eigenvalue weighted by Crippen LogP contribution is -2.21. The van der Waals surface area contributed by atoms with Crippen molar-refractivity contribution in [3.05, 3.63) is 66.7 Å². The maximum atomic E-state index is 13.9. The molecule has 0 aliphatic carbocycles. The third-order valence-corrected chi connectivity index (χ3v) is 3.55. The van der Waals surface area contributed by atoms with Gasteiger partial charge in [0.25, 0.3) is 5.56 Å². The van der Waals surface area contributed by atoms with Crippen LogP contribution in [-0.4, -0.2) is 4.57 Å². The van der Waals surface area contributed by atoms with Gasteiger partial charge in [0.2, 0.25) is 0 Å². The molecule has 96 valence electrons. The van der Waals surface area contributed by atoms with Crippen LogP contribution < -0.4 is 5.56 Å². The lowest BCUT2D eigenvalue weighted by Gasteiger charge is -2.08. The van der Waals surface area contributed by atoms with Gasteiger partial charge in [0.1, 0.15) is 11.9 Å². The fourth-order valence-electron chi connectivity index (χ4n) is 1.65. The summed E-state index contributed by atoms with van der Waals surface area (Å²) in [5.74, 6) is -0.590. The molecule has 0 unspecified atom stereocenters. The van der Waals surface area contributed by atoms with E-state index in [1.807, 2.05) is 0 Å². The number of nitriles is 1. The van der Waals surface area contributed by atoms with Gasteiger partial charge in [-0.25, -0.2) is 4.39 Å². The lowest BCUT2D eigenvalue weighted by molar-refractivity contribution is 0.592. The first kappa shape index (κ1) is 14.0. The van der Waals surface area contributed by atoms with Gasteiger partial charge in [-0.3, -0.25) is 4.79 Å². The highest BCUT2D eigenvalue weighted by molar-refractivity contribution is 9.11. The molecule has 0 amide bonds. The molecule has 0 saturated carbocycles. The summed E-state index contributed by atoms with van der Waals surface area (Å²) in [5.41, 5.74) is 0.00993. The molecule has 19 heavy (non-hydrogen) atoms. The van der Waals surface area contributed by atoms with Crippen molar-refractivity contribution >= 4 is 31.9 Å². The van der Waals surface area contributed by atoms with Crippen LogP contribution in [0, 0.1) is 17.1 Å². The third kappa shape index (κ3) is 2.94. The van der Waals surface area contributed by atoms with Gasteiger partial charge in [-0.05, 0) is 44.0 Å². The van der Waals surface area contributed by atoms with Crippen LogP contribution in [0.25, 0.3) is 0 Å². The summed E-state index contributed by atoms with van der Waals surface area (Å²) in [6, 6.07) is 7.95. The van der Waals surface area contributed by atoms with Crippen molar-refractivity contribution in [2.45, 2.75) is 6.54 Å². The van der Waals surface area contributed by atoms with Crippen LogP contribution in [0.2, 0.25) is 0 Å². The fourth-order valence-corrected chi connectivity index (χ4v) is 2.91. The van der Waals surface area contributed by atoms with Crippen molar-refractivity contribution in [1.82, 2.24) is 4.57 Å². The summed E-state index contributed by atoms with van der Waals surface area (Å²) >= 11 is 6.42. The van der Waals surface area contributed by atoms with Gasteiger partial charge < -0.3 is 4.57 Å². The number of rotatable bonds is 2. The topological polar surface area (TPSA) is 45.8 Å². The van der Waals surface area contributed by atoms with E-state index in [-0.39, 0.29) is 17.7 Å². The molecular weight excluding hydrogens is 379 g/mol. The van der Waals surface area contributed by atoms with Gasteiger partial charge in [0.15, 0.2) is 0 Å². The van der Waals surface area contributed by atoms with Gasteiger partial charge in [-0.15, -0.1) is 0 Å². The normalized spacial score (nSPS) is 10.2. The first-order valence-electron chi connectivity index (χ1n) is 5.26. The number of pyridine rings is 1. The summed E-state index contributed by atoms with van der Waals surface area (Å²) in [6.45, 7) is 0.0677. The molecule has 0 aliphatic heterocycles. The molecular formula is C13H7Br2FN2O. The lowest BCUT2D eigenvalue weighted by atomic mass is 10.1. The van der Waals surface area contributed by atoms with Crippen molar-refractivity contribution in [2.75, 3.05) is 0 Å². The van der Waals surface area contributed by atoms with Crippen molar-refractivity contribution in [3.8, 4) is 6.07 Å². The van der Waals surface area contributed by atoms with Crippen LogP contribution in [0.15, 0.2) is 44.2 Å². The van der Waals surface area contributed by atoms with E-state index in [0.29, 0.717) is 14.5 Å². The van der Waals surface area contributed by atoms with Crippen LogP contribution in [0.4, 0.5) is 4.39 Å². The van der Waals surface area contributed by atoms with Crippen LogP contribution in [0.5, 0.6) is 0 Å². The molecule has 0 saturated heterocycles. The maximum Gasteiger partial charge on any atom is 0.265 e. The zero-order valence-corrected chi connectivity index (χ0v) is 12.7. The van der Waals surface area contributed by atoms with Crippen LogP contribution >= 0.6 is 31.9 Å². The van der Waals surface area contributed by atoms with Gasteiger partial charge in [-0.1, -0.05) is 12.1 Å². The SMILES string of the molecule is N#Cc1cccc(Cn2cc(Br)cc(Br)c2=O)c1F. The van der Waals surface area contributed by atoms with Crippen molar-refractivity contribution in [3.63, 3.8) is 0 Å². The Balaban J connectivity index is 2.49. The first-order chi connectivity index (χ1) is 9.02. The van der Waals surface area contributed by atoms with E-state index in [9.17, 15) is 9.18 Å². The smallest absolute Gasteiger partial charge is 0.265 e. The highest BCUT2D eigenvalue weighted by Crippen LogP contribution is 2.16. The number of benzene rings is 1. The van der Waals surface area contributed by atoms with Crippen molar-refractivity contribution < 1.29 is 4.39 Å². The summed E-state index contributed by atoms with van der Waals surface area (Å²) in [5, 5.41) is 8.78. The standard InChI is InChI=1S/C13H7Br2FN2O/c14-10-4-11(15)13(19)18(7-10)6-9-3-1-2-8(5-17)12(9)16/h1-4,7H,6H2. The van der Waals surface area contributed by atoms with Gasteiger partial charge >= 0.3 is 0 Å². The van der Waals surface area contributed by atoms with Gasteiger partial charge in [0, 0.05) is 16.2 Å². The predicted molar refractivity (Wildman–Crippen MR) is 76.3 cm³/mol. The number of halogens is 3. The van der Waals surface area contributed by atoms with Crippen LogP contribution in [-0.2, 0) is 6.54 Å². The molecule has 2 aromatic rings. The van der Waals surface area contributed by atoms with Crippen LogP contribution in [0.1, 0.15) is 11.1 Å². The Labute approximate surface area is 125 Å². The van der Waals surface area contributed by atoms with E-state index in [0.717, 1.165) is 0 Å². The minimum Gasteiger partial charge on any atom is -0.309 e. The molecule has 2 rings (SSSR count). The molecule has 0 bridgehead atoms. The minimum atomic E-state index is -0.590. The number of aromatic nitrogens is 1. The predicted octanol–water partition coefficient (Wildman–Crippen LogP) is 3.43. The molecule has 1 aromatic carbocycles. The Morgan fingerprint density at radius 1 is 1.37 bits per heavy atom. The summed E-state index contributed by atoms with van der Waals surface area (Å²) in [6.07, 6.45) is 1.57. The van der Waals surface area contributed by atoms with E-state index < -0.39 is 5.82 Å². The van der Waals surface area contributed by atoms with E-state index in [2.05, 4.69) is 31.9 Å². The van der Waals surface area contributed by atoms with E-state index in [1.165, 1.54) is 10.6 Å². The Bertz CT molecular complexity index is 734. The quantitative estimate of drug-likeness (QED) is 0.794. The van der Waals surface area contributed by atoms with Crippen LogP contribution in [0.3, 0.4) is 0 Å². The summed E-state index contributed by atoms with van der Waals surface area (Å²) in [4.78, 5) is 11.9. The molecule has 1 heterocycles. The monoisotopic (exact) mass is 384 g/mol. The van der Waals surface area contributed by atoms with Gasteiger partial charge in [-0.2, -0.15) is 5.26 Å². The fraction of sp³-hybridized carbons (Fsp3) is 0.0769. The summed E-state index contributed by atoms with van der Waals surface area (Å²) in [7, 11) is 0. The number of hydrogen-bond donors (Lipinski definition) is 0. The van der Waals surface area contributed by atoms with E-state index in [4.69, 9.17) is 5.26 Å². The molecule has 0 atom stereocenters. The minimum absolute atomic E-state index is 0.0281. The summed E-state index contributed by atoms with van der Waals surface area (Å²) < 4.78 is 16.4. The Hall–Kier alpha value is -1.45. The molecule has 0 fully saturated rings. The van der Waals surface area contributed by atoms with E-state index in [1.54, 1.807) is 30.5 Å². The second kappa shape index (κ2) is 5.68. The largest absolute Gasteiger partial charge is 0.309 e. The Morgan fingerprint density at radius 3 is 2.79 bits per heavy atom. The third-order valence-electron chi connectivity index (χ3n) is 2.55. The molecule has 0 N–H and O–H groups in total. The number of nitrogens with zero attached hydrogens (tertiary/aromatic N) is 2. The zero-order chi connectivity index (χ0) is 14.0. The van der Waals surface area contributed by atoms with Gasteiger partial charge in [0.05, 0.1) is 16.6 Å². The highest BCUT2D eigenvalue weighted by atomic mass is 79.9. The second-order valence-corrected chi connectivity index (χ2v) is 5.60. The highest BCUT2D eigenvalue weighted by Gasteiger charge is 2.10. The average molecular weight is 386 g/mol. The van der Waals surface area contributed by atoms with Crippen molar-refractivity contribution in [1.29, 1.82) is 5.26 Å². The molecule has 1 aromatic heterocycles. The average Bonchev–Trinajstić information content (AvgIpc) is 2.37. The first-order valence-corrected chi connectivity index (χ1v) is 6.84. The second-order valence-electron chi connectivity index (χ2n) is 3.83.